The number of benzene rings is 2. The molecular formula is C21H25NO. The summed E-state index contributed by atoms with van der Waals surface area (Å²) >= 11 is 0. The zero-order chi connectivity index (χ0) is 16.8. The Bertz CT molecular complexity index is 666. The summed E-state index contributed by atoms with van der Waals surface area (Å²) in [6, 6.07) is 17.1. The van der Waals surface area contributed by atoms with Crippen LogP contribution in [0, 0.1) is 5.92 Å². The van der Waals surface area contributed by atoms with Crippen LogP contribution in [0.2, 0.25) is 0 Å². The second kappa shape index (κ2) is 7.77. The monoisotopic (exact) mass is 307 g/mol. The molecule has 0 bridgehead atoms. The molecule has 1 amide bonds. The lowest BCUT2D eigenvalue weighted by atomic mass is 9.98. The van der Waals surface area contributed by atoms with Crippen molar-refractivity contribution in [2.75, 3.05) is 0 Å². The molecule has 2 aromatic rings. The number of carbonyl (C=O) groups excluding carboxylic acids is 1. The van der Waals surface area contributed by atoms with Crippen molar-refractivity contribution in [2.45, 2.75) is 33.7 Å². The average Bonchev–Trinajstić information content (AvgIpc) is 2.53. The number of hydrogen-bond donors (Lipinski definition) is 1. The highest BCUT2D eigenvalue weighted by Crippen LogP contribution is 2.21. The van der Waals surface area contributed by atoms with Gasteiger partial charge in [-0.05, 0) is 41.5 Å². The lowest BCUT2D eigenvalue weighted by molar-refractivity contribution is -0.117. The number of hydrogen-bond acceptors (Lipinski definition) is 1. The van der Waals surface area contributed by atoms with E-state index in [0.29, 0.717) is 18.0 Å². The van der Waals surface area contributed by atoms with Crippen LogP contribution < -0.4 is 5.32 Å². The van der Waals surface area contributed by atoms with E-state index in [2.05, 4.69) is 74.3 Å². The van der Waals surface area contributed by atoms with Gasteiger partial charge < -0.3 is 5.32 Å². The Morgan fingerprint density at radius 3 is 1.87 bits per heavy atom. The highest BCUT2D eigenvalue weighted by molar-refractivity contribution is 5.92. The fraction of sp³-hybridized carbons (Fsp3) is 0.286. The van der Waals surface area contributed by atoms with Crippen LogP contribution in [-0.4, -0.2) is 5.91 Å². The molecule has 0 atom stereocenters. The summed E-state index contributed by atoms with van der Waals surface area (Å²) in [7, 11) is 0. The van der Waals surface area contributed by atoms with Gasteiger partial charge in [-0.2, -0.15) is 0 Å². The fourth-order valence-electron chi connectivity index (χ4n) is 2.45. The number of nitrogens with one attached hydrogen (secondary N) is 1. The maximum Gasteiger partial charge on any atom is 0.246 e. The van der Waals surface area contributed by atoms with Gasteiger partial charge in [-0.3, -0.25) is 4.79 Å². The molecule has 2 aromatic carbocycles. The highest BCUT2D eigenvalue weighted by atomic mass is 16.1. The van der Waals surface area contributed by atoms with Crippen LogP contribution in [0.3, 0.4) is 0 Å². The van der Waals surface area contributed by atoms with E-state index >= 15 is 0 Å². The Balaban J connectivity index is 2.01. The maximum absolute atomic E-state index is 11.5. The molecule has 0 fully saturated rings. The third kappa shape index (κ3) is 5.10. The van der Waals surface area contributed by atoms with Crippen molar-refractivity contribution in [3.8, 4) is 11.1 Å². The largest absolute Gasteiger partial charge is 0.348 e. The third-order valence-electron chi connectivity index (χ3n) is 3.73. The standard InChI is InChI=1S/C21H25NO/c1-15(2)13-17-5-9-19(10-6-17)20-11-7-18(8-12-20)14-22-21(23)16(3)4/h5-12,15H,3,13-14H2,1-2,4H3,(H,22,23). The molecule has 0 saturated carbocycles. The van der Waals surface area contributed by atoms with E-state index in [9.17, 15) is 4.79 Å². The molecule has 1 N–H and O–H groups in total. The minimum absolute atomic E-state index is 0.102. The summed E-state index contributed by atoms with van der Waals surface area (Å²) in [5.74, 6) is 0.573. The minimum Gasteiger partial charge on any atom is -0.348 e. The van der Waals surface area contributed by atoms with Gasteiger partial charge in [0, 0.05) is 12.1 Å². The molecule has 2 heteroatoms. The topological polar surface area (TPSA) is 29.1 Å². The quantitative estimate of drug-likeness (QED) is 0.767. The van der Waals surface area contributed by atoms with Gasteiger partial charge in [0.1, 0.15) is 0 Å². The number of rotatable bonds is 6. The van der Waals surface area contributed by atoms with Crippen LogP contribution in [0.1, 0.15) is 31.9 Å². The summed E-state index contributed by atoms with van der Waals surface area (Å²) < 4.78 is 0. The first-order valence-electron chi connectivity index (χ1n) is 8.07. The van der Waals surface area contributed by atoms with Crippen molar-refractivity contribution in [1.29, 1.82) is 0 Å². The van der Waals surface area contributed by atoms with Crippen molar-refractivity contribution in [1.82, 2.24) is 5.32 Å². The van der Waals surface area contributed by atoms with Crippen molar-refractivity contribution in [3.05, 3.63) is 71.8 Å². The van der Waals surface area contributed by atoms with Crippen molar-refractivity contribution in [2.24, 2.45) is 5.92 Å². The van der Waals surface area contributed by atoms with Gasteiger partial charge in [-0.15, -0.1) is 0 Å². The van der Waals surface area contributed by atoms with Crippen molar-refractivity contribution < 1.29 is 4.79 Å². The van der Waals surface area contributed by atoms with Crippen LogP contribution >= 0.6 is 0 Å². The zero-order valence-electron chi connectivity index (χ0n) is 14.2. The molecule has 0 aromatic heterocycles. The predicted molar refractivity (Wildman–Crippen MR) is 97.1 cm³/mol. The van der Waals surface area contributed by atoms with Gasteiger partial charge in [0.15, 0.2) is 0 Å². The van der Waals surface area contributed by atoms with Gasteiger partial charge in [-0.25, -0.2) is 0 Å². The second-order valence-electron chi connectivity index (χ2n) is 6.45. The smallest absolute Gasteiger partial charge is 0.246 e. The van der Waals surface area contributed by atoms with E-state index in [1.807, 2.05) is 0 Å². The Kier molecular flexibility index (Phi) is 5.75. The van der Waals surface area contributed by atoms with Crippen LogP contribution in [0.4, 0.5) is 0 Å². The zero-order valence-corrected chi connectivity index (χ0v) is 14.2. The third-order valence-corrected chi connectivity index (χ3v) is 3.73. The lowest BCUT2D eigenvalue weighted by Gasteiger charge is -2.08. The molecule has 120 valence electrons. The Morgan fingerprint density at radius 2 is 1.43 bits per heavy atom. The molecule has 0 unspecified atom stereocenters. The Hall–Kier alpha value is -2.35. The van der Waals surface area contributed by atoms with Crippen LogP contribution in [0.25, 0.3) is 11.1 Å². The van der Waals surface area contributed by atoms with Crippen LogP contribution in [0.5, 0.6) is 0 Å². The summed E-state index contributed by atoms with van der Waals surface area (Å²) in [6.45, 7) is 10.3. The molecule has 0 saturated heterocycles. The molecule has 0 heterocycles. The van der Waals surface area contributed by atoms with Gasteiger partial charge >= 0.3 is 0 Å². The molecule has 0 aliphatic rings. The molecule has 2 nitrogen and oxygen atoms in total. The van der Waals surface area contributed by atoms with Gasteiger partial charge in [0.2, 0.25) is 5.91 Å². The highest BCUT2D eigenvalue weighted by Gasteiger charge is 2.03. The second-order valence-corrected chi connectivity index (χ2v) is 6.45. The van der Waals surface area contributed by atoms with Crippen LogP contribution in [-0.2, 0) is 17.8 Å². The van der Waals surface area contributed by atoms with E-state index in [4.69, 9.17) is 0 Å². The summed E-state index contributed by atoms with van der Waals surface area (Å²) in [5, 5.41) is 2.84. The summed E-state index contributed by atoms with van der Waals surface area (Å²) in [4.78, 5) is 11.5. The van der Waals surface area contributed by atoms with Gasteiger partial charge in [-0.1, -0.05) is 69.0 Å². The van der Waals surface area contributed by atoms with E-state index in [-0.39, 0.29) is 5.91 Å². The molecule has 2 rings (SSSR count). The first-order valence-corrected chi connectivity index (χ1v) is 8.07. The summed E-state index contributed by atoms with van der Waals surface area (Å²) in [6.07, 6.45) is 1.11. The van der Waals surface area contributed by atoms with E-state index < -0.39 is 0 Å². The predicted octanol–water partition coefficient (Wildman–Crippen LogP) is 4.74. The number of amides is 1. The molecule has 0 radical (unpaired) electrons. The Labute approximate surface area is 139 Å². The fourth-order valence-corrected chi connectivity index (χ4v) is 2.45. The SMILES string of the molecule is C=C(C)C(=O)NCc1ccc(-c2ccc(CC(C)C)cc2)cc1. The summed E-state index contributed by atoms with van der Waals surface area (Å²) in [5.41, 5.74) is 5.40. The van der Waals surface area contributed by atoms with E-state index in [0.717, 1.165) is 12.0 Å². The molecule has 0 spiro atoms. The van der Waals surface area contributed by atoms with Gasteiger partial charge in [0.05, 0.1) is 0 Å². The molecule has 23 heavy (non-hydrogen) atoms. The van der Waals surface area contributed by atoms with Crippen molar-refractivity contribution >= 4 is 5.91 Å². The molecule has 0 aliphatic heterocycles. The normalized spacial score (nSPS) is 10.6. The minimum atomic E-state index is -0.102. The molecular weight excluding hydrogens is 282 g/mol. The average molecular weight is 307 g/mol. The first kappa shape index (κ1) is 17.0. The van der Waals surface area contributed by atoms with E-state index in [1.165, 1.54) is 16.7 Å². The lowest BCUT2D eigenvalue weighted by Crippen LogP contribution is -2.22. The van der Waals surface area contributed by atoms with Crippen molar-refractivity contribution in [3.63, 3.8) is 0 Å². The van der Waals surface area contributed by atoms with Gasteiger partial charge in [0.25, 0.3) is 0 Å². The first-order chi connectivity index (χ1) is 11.0. The molecule has 0 aliphatic carbocycles. The maximum atomic E-state index is 11.5. The number of carbonyl (C=O) groups is 1. The van der Waals surface area contributed by atoms with E-state index in [1.54, 1.807) is 6.92 Å². The van der Waals surface area contributed by atoms with Crippen LogP contribution in [0.15, 0.2) is 60.7 Å². The Morgan fingerprint density at radius 1 is 0.957 bits per heavy atom.